The summed E-state index contributed by atoms with van der Waals surface area (Å²) in [4.78, 5) is 37.3. The average molecular weight is 630 g/mol. The lowest BCUT2D eigenvalue weighted by Gasteiger charge is -2.72. The molecular formula is C40H55NO5. The summed E-state index contributed by atoms with van der Waals surface area (Å²) in [6, 6.07) is 6.54. The molecule has 250 valence electrons. The van der Waals surface area contributed by atoms with Crippen LogP contribution in [0.3, 0.4) is 0 Å². The first kappa shape index (κ1) is 33.0. The largest absolute Gasteiger partial charge is 0.480 e. The van der Waals surface area contributed by atoms with Crippen LogP contribution in [0.1, 0.15) is 122 Å². The molecule has 4 saturated carbocycles. The summed E-state index contributed by atoms with van der Waals surface area (Å²) in [7, 11) is 0. The lowest BCUT2D eigenvalue weighted by Crippen LogP contribution is -2.66. The fraction of sp³-hybridized carbons (Fsp3) is 0.675. The molecule has 5 aliphatic carbocycles. The number of amides is 1. The van der Waals surface area contributed by atoms with Crippen LogP contribution >= 0.6 is 0 Å². The Morgan fingerprint density at radius 3 is 2.15 bits per heavy atom. The van der Waals surface area contributed by atoms with Crippen molar-refractivity contribution >= 4 is 23.4 Å². The first-order valence-corrected chi connectivity index (χ1v) is 17.7. The smallest absolute Gasteiger partial charge is 0.335 e. The molecule has 6 heteroatoms. The van der Waals surface area contributed by atoms with Gasteiger partial charge in [0.05, 0.1) is 11.0 Å². The van der Waals surface area contributed by atoms with Crippen LogP contribution in [0.15, 0.2) is 42.5 Å². The summed E-state index contributed by atoms with van der Waals surface area (Å²) in [5, 5.41) is 22.0. The molecule has 6 rings (SSSR count). The van der Waals surface area contributed by atoms with Crippen LogP contribution in [0.2, 0.25) is 0 Å². The van der Waals surface area contributed by atoms with E-state index < -0.39 is 23.4 Å². The highest BCUT2D eigenvalue weighted by Gasteiger charge is 2.71. The molecule has 1 unspecified atom stereocenters. The Balaban J connectivity index is 1.35. The van der Waals surface area contributed by atoms with Crippen LogP contribution in [-0.2, 0) is 9.59 Å². The standard InChI is InChI=1S/C40H55NO5/c1-23(2)27-15-20-40(35(46)41-24(3)33(42)43)22-21-38(7)29(32(27)40)13-14-31-37(6)18-16-28(25-9-11-26(12-10-25)34(44)45)36(4,5)30(37)17-19-39(31,38)8/h9-12,16,24,27,29-32H,1,13-15,17-22H2,2-8H3,(H,41,46)(H,42,43)(H,44,45)/t24-,27-,29?,30-,31+,32+,37-,38+,39+,40-/m0/s1. The number of carboxylic acids is 2. The number of nitrogens with one attached hydrogen (secondary N) is 1. The molecule has 0 heterocycles. The maximum absolute atomic E-state index is 14.1. The highest BCUT2D eigenvalue weighted by atomic mass is 16.4. The van der Waals surface area contributed by atoms with Crippen LogP contribution in [-0.4, -0.2) is 34.1 Å². The molecule has 46 heavy (non-hydrogen) atoms. The second kappa shape index (κ2) is 10.8. The first-order valence-electron chi connectivity index (χ1n) is 17.7. The summed E-state index contributed by atoms with van der Waals surface area (Å²) < 4.78 is 0. The number of aromatic carboxylic acids is 1. The predicted octanol–water partition coefficient (Wildman–Crippen LogP) is 8.63. The van der Waals surface area contributed by atoms with E-state index in [0.29, 0.717) is 23.3 Å². The minimum absolute atomic E-state index is 0.0477. The number of hydrogen-bond acceptors (Lipinski definition) is 3. The molecule has 0 radical (unpaired) electrons. The highest BCUT2D eigenvalue weighted by molar-refractivity contribution is 5.89. The van der Waals surface area contributed by atoms with Gasteiger partial charge >= 0.3 is 11.9 Å². The quantitative estimate of drug-likeness (QED) is 0.273. The van der Waals surface area contributed by atoms with E-state index in [9.17, 15) is 24.6 Å². The van der Waals surface area contributed by atoms with E-state index in [-0.39, 0.29) is 39.4 Å². The second-order valence-electron chi connectivity index (χ2n) is 17.3. The normalized spacial score (nSPS) is 41.5. The SMILES string of the molecule is C=C(C)[C@@H]1CC[C@]2(C(=O)N[C@@H](C)C(=O)O)CC[C@]3(C)C(CC[C@@H]4[C@@]5(C)CC=C(c6ccc(C(=O)O)cc6)C(C)(C)[C@@H]5CC[C@]43C)[C@@H]12. The van der Waals surface area contributed by atoms with Crippen LogP contribution in [0.5, 0.6) is 0 Å². The predicted molar refractivity (Wildman–Crippen MR) is 181 cm³/mol. The van der Waals surface area contributed by atoms with Gasteiger partial charge in [-0.15, -0.1) is 0 Å². The Morgan fingerprint density at radius 1 is 0.870 bits per heavy atom. The van der Waals surface area contributed by atoms with Crippen molar-refractivity contribution in [3.8, 4) is 0 Å². The molecule has 6 nitrogen and oxygen atoms in total. The molecule has 0 aliphatic heterocycles. The fourth-order valence-corrected chi connectivity index (χ4v) is 12.8. The zero-order valence-corrected chi connectivity index (χ0v) is 29.0. The van der Waals surface area contributed by atoms with Crippen molar-refractivity contribution in [2.45, 2.75) is 112 Å². The molecule has 1 aromatic carbocycles. The Kier molecular flexibility index (Phi) is 7.77. The molecule has 4 fully saturated rings. The lowest BCUT2D eigenvalue weighted by molar-refractivity contribution is -0.225. The van der Waals surface area contributed by atoms with Crippen LogP contribution in [0.25, 0.3) is 5.57 Å². The minimum Gasteiger partial charge on any atom is -0.480 e. The van der Waals surface area contributed by atoms with Gasteiger partial charge in [-0.25, -0.2) is 4.79 Å². The monoisotopic (exact) mass is 629 g/mol. The van der Waals surface area contributed by atoms with E-state index in [1.54, 1.807) is 19.1 Å². The van der Waals surface area contributed by atoms with E-state index in [1.807, 2.05) is 12.1 Å². The van der Waals surface area contributed by atoms with Crippen LogP contribution in [0.4, 0.5) is 0 Å². The topological polar surface area (TPSA) is 104 Å². The van der Waals surface area contributed by atoms with Gasteiger partial charge in [-0.2, -0.15) is 0 Å². The van der Waals surface area contributed by atoms with Gasteiger partial charge in [0, 0.05) is 0 Å². The number of hydrogen-bond donors (Lipinski definition) is 3. The molecule has 0 bridgehead atoms. The van der Waals surface area contributed by atoms with Gasteiger partial charge in [-0.3, -0.25) is 9.59 Å². The van der Waals surface area contributed by atoms with E-state index in [1.165, 1.54) is 17.6 Å². The number of carbonyl (C=O) groups excluding carboxylic acids is 1. The molecular weight excluding hydrogens is 574 g/mol. The van der Waals surface area contributed by atoms with Crippen molar-refractivity contribution in [3.05, 3.63) is 53.6 Å². The zero-order chi connectivity index (χ0) is 33.6. The van der Waals surface area contributed by atoms with Crippen molar-refractivity contribution in [3.63, 3.8) is 0 Å². The summed E-state index contributed by atoms with van der Waals surface area (Å²) in [5.74, 6) is 0.0128. The molecule has 10 atom stereocenters. The Hall–Kier alpha value is -2.89. The fourth-order valence-electron chi connectivity index (χ4n) is 12.8. The van der Waals surface area contributed by atoms with E-state index >= 15 is 0 Å². The maximum Gasteiger partial charge on any atom is 0.335 e. The summed E-state index contributed by atoms with van der Waals surface area (Å²) in [5.41, 5.74) is 3.74. The zero-order valence-electron chi connectivity index (χ0n) is 29.0. The number of rotatable bonds is 6. The van der Waals surface area contributed by atoms with Crippen molar-refractivity contribution in [1.82, 2.24) is 5.32 Å². The Labute approximate surface area is 275 Å². The van der Waals surface area contributed by atoms with Crippen LogP contribution < -0.4 is 5.32 Å². The molecule has 0 spiro atoms. The van der Waals surface area contributed by atoms with Crippen molar-refractivity contribution in [2.75, 3.05) is 0 Å². The summed E-state index contributed by atoms with van der Waals surface area (Å²) in [6.07, 6.45) is 11.7. The average Bonchev–Trinajstić information content (AvgIpc) is 3.39. The minimum atomic E-state index is -0.987. The number of benzene rings is 1. The third-order valence-electron chi connectivity index (χ3n) is 15.3. The number of carbonyl (C=O) groups is 3. The second-order valence-corrected chi connectivity index (χ2v) is 17.3. The lowest BCUT2D eigenvalue weighted by atomic mass is 9.32. The van der Waals surface area contributed by atoms with Gasteiger partial charge < -0.3 is 15.5 Å². The van der Waals surface area contributed by atoms with Gasteiger partial charge in [0.2, 0.25) is 5.91 Å². The summed E-state index contributed by atoms with van der Waals surface area (Å²) >= 11 is 0. The number of fused-ring (bicyclic) bond motifs is 7. The van der Waals surface area contributed by atoms with Gasteiger partial charge in [0.1, 0.15) is 6.04 Å². The molecule has 0 aromatic heterocycles. The molecule has 1 aromatic rings. The number of carboxylic acid groups (broad SMARTS) is 2. The van der Waals surface area contributed by atoms with Crippen molar-refractivity contribution in [1.29, 1.82) is 0 Å². The van der Waals surface area contributed by atoms with E-state index in [2.05, 4.69) is 59.5 Å². The van der Waals surface area contributed by atoms with Gasteiger partial charge in [0.15, 0.2) is 0 Å². The van der Waals surface area contributed by atoms with Crippen molar-refractivity contribution in [2.24, 2.45) is 56.7 Å². The third-order valence-corrected chi connectivity index (χ3v) is 15.3. The van der Waals surface area contributed by atoms with Crippen molar-refractivity contribution < 1.29 is 24.6 Å². The highest BCUT2D eigenvalue weighted by Crippen LogP contribution is 2.77. The molecule has 3 N–H and O–H groups in total. The summed E-state index contributed by atoms with van der Waals surface area (Å²) in [6.45, 7) is 20.7. The Bertz CT molecular complexity index is 1490. The van der Waals surface area contributed by atoms with Gasteiger partial charge in [-0.1, -0.05) is 65.0 Å². The third kappa shape index (κ3) is 4.44. The van der Waals surface area contributed by atoms with E-state index in [0.717, 1.165) is 56.9 Å². The van der Waals surface area contributed by atoms with Gasteiger partial charge in [-0.05, 0) is 146 Å². The van der Waals surface area contributed by atoms with Crippen LogP contribution in [0, 0.1) is 56.7 Å². The van der Waals surface area contributed by atoms with Gasteiger partial charge in [0.25, 0.3) is 0 Å². The first-order chi connectivity index (χ1) is 21.4. The Morgan fingerprint density at radius 2 is 1.54 bits per heavy atom. The maximum atomic E-state index is 14.1. The molecule has 0 saturated heterocycles. The molecule has 1 amide bonds. The number of aliphatic carboxylic acids is 1. The van der Waals surface area contributed by atoms with E-state index in [4.69, 9.17) is 0 Å². The number of allylic oxidation sites excluding steroid dienone is 3. The molecule has 5 aliphatic rings.